The summed E-state index contributed by atoms with van der Waals surface area (Å²) in [7, 11) is 1.98. The maximum atomic E-state index is 4.45. The van der Waals surface area contributed by atoms with Gasteiger partial charge in [0.1, 0.15) is 6.33 Å². The van der Waals surface area contributed by atoms with Crippen molar-refractivity contribution in [1.82, 2.24) is 25.1 Å². The average Bonchev–Trinajstić information content (AvgIpc) is 2.70. The van der Waals surface area contributed by atoms with E-state index in [4.69, 9.17) is 0 Å². The number of nitrogens with one attached hydrogen (secondary N) is 1. The minimum absolute atomic E-state index is 0.197. The van der Waals surface area contributed by atoms with Crippen molar-refractivity contribution in [2.24, 2.45) is 7.05 Å². The van der Waals surface area contributed by atoms with Crippen molar-refractivity contribution in [2.75, 3.05) is 6.54 Å². The van der Waals surface area contributed by atoms with E-state index < -0.39 is 0 Å². The Balaban J connectivity index is 2.24. The molecule has 20 heavy (non-hydrogen) atoms. The van der Waals surface area contributed by atoms with Crippen molar-refractivity contribution in [1.29, 1.82) is 0 Å². The van der Waals surface area contributed by atoms with Crippen LogP contribution in [0.1, 0.15) is 36.3 Å². The minimum atomic E-state index is 0.197. The smallest absolute Gasteiger partial charge is 0.115 e. The molecule has 0 spiro atoms. The van der Waals surface area contributed by atoms with Gasteiger partial charge >= 0.3 is 0 Å². The summed E-state index contributed by atoms with van der Waals surface area (Å²) in [6.07, 6.45) is 7.25. The molecular formula is C14H20BrN5. The van der Waals surface area contributed by atoms with Gasteiger partial charge < -0.3 is 5.32 Å². The molecule has 5 nitrogen and oxygen atoms in total. The van der Waals surface area contributed by atoms with Crippen LogP contribution in [0.15, 0.2) is 23.2 Å². The lowest BCUT2D eigenvalue weighted by atomic mass is 10.0. The van der Waals surface area contributed by atoms with Crippen LogP contribution in [-0.2, 0) is 13.5 Å². The Bertz CT molecular complexity index is 552. The molecule has 0 aliphatic rings. The van der Waals surface area contributed by atoms with Gasteiger partial charge in [-0.3, -0.25) is 4.68 Å². The van der Waals surface area contributed by atoms with E-state index in [9.17, 15) is 0 Å². The fraction of sp³-hybridized carbons (Fsp3) is 0.500. The first-order chi connectivity index (χ1) is 9.63. The maximum Gasteiger partial charge on any atom is 0.115 e. The molecule has 1 N–H and O–H groups in total. The lowest BCUT2D eigenvalue weighted by Crippen LogP contribution is -2.25. The Morgan fingerprint density at radius 2 is 2.05 bits per heavy atom. The summed E-state index contributed by atoms with van der Waals surface area (Å²) in [5.74, 6) is 0. The van der Waals surface area contributed by atoms with Gasteiger partial charge in [-0.05, 0) is 35.8 Å². The van der Waals surface area contributed by atoms with Crippen molar-refractivity contribution in [2.45, 2.75) is 32.7 Å². The number of halogens is 1. The molecule has 2 heterocycles. The standard InChI is InChI=1S/C14H20BrN5/c1-4-5-18-12(11-7-16-9-17-8-11)6-13-14(15)10(2)19-20(13)3/h7-9,12,18H,4-6H2,1-3H3. The van der Waals surface area contributed by atoms with E-state index in [2.05, 4.69) is 43.2 Å². The quantitative estimate of drug-likeness (QED) is 0.880. The summed E-state index contributed by atoms with van der Waals surface area (Å²) in [6, 6.07) is 0.197. The molecule has 2 aromatic heterocycles. The summed E-state index contributed by atoms with van der Waals surface area (Å²) < 4.78 is 3.02. The van der Waals surface area contributed by atoms with Crippen molar-refractivity contribution >= 4 is 15.9 Å². The lowest BCUT2D eigenvalue weighted by molar-refractivity contribution is 0.508. The van der Waals surface area contributed by atoms with Crippen LogP contribution >= 0.6 is 15.9 Å². The Hall–Kier alpha value is -1.27. The highest BCUT2D eigenvalue weighted by Gasteiger charge is 2.18. The highest BCUT2D eigenvalue weighted by molar-refractivity contribution is 9.10. The Kier molecular flexibility index (Phi) is 5.25. The molecular weight excluding hydrogens is 318 g/mol. The van der Waals surface area contributed by atoms with Gasteiger partial charge in [-0.2, -0.15) is 5.10 Å². The molecule has 0 aliphatic heterocycles. The van der Waals surface area contributed by atoms with Gasteiger partial charge in [0.15, 0.2) is 0 Å². The maximum absolute atomic E-state index is 4.45. The molecule has 0 fully saturated rings. The summed E-state index contributed by atoms with van der Waals surface area (Å²) in [4.78, 5) is 8.24. The zero-order valence-electron chi connectivity index (χ0n) is 12.1. The molecule has 2 rings (SSSR count). The number of hydrogen-bond acceptors (Lipinski definition) is 4. The van der Waals surface area contributed by atoms with Gasteiger partial charge in [-0.25, -0.2) is 9.97 Å². The van der Waals surface area contributed by atoms with Gasteiger partial charge in [0.25, 0.3) is 0 Å². The van der Waals surface area contributed by atoms with Crippen molar-refractivity contribution in [3.05, 3.63) is 40.1 Å². The zero-order chi connectivity index (χ0) is 14.5. The first kappa shape index (κ1) is 15.1. The third kappa shape index (κ3) is 3.43. The van der Waals surface area contributed by atoms with Crippen LogP contribution in [0.5, 0.6) is 0 Å². The fourth-order valence-corrected chi connectivity index (χ4v) is 2.71. The monoisotopic (exact) mass is 337 g/mol. The van der Waals surface area contributed by atoms with Crippen LogP contribution < -0.4 is 5.32 Å². The molecule has 1 atom stereocenters. The second-order valence-electron chi connectivity index (χ2n) is 4.85. The van der Waals surface area contributed by atoms with Crippen LogP contribution in [0.4, 0.5) is 0 Å². The Morgan fingerprint density at radius 1 is 1.35 bits per heavy atom. The Labute approximate surface area is 128 Å². The van der Waals surface area contributed by atoms with E-state index in [0.717, 1.165) is 35.1 Å². The first-order valence-corrected chi connectivity index (χ1v) is 7.59. The van der Waals surface area contributed by atoms with E-state index >= 15 is 0 Å². The highest BCUT2D eigenvalue weighted by Crippen LogP contribution is 2.25. The van der Waals surface area contributed by atoms with Crippen LogP contribution in [-0.4, -0.2) is 26.3 Å². The summed E-state index contributed by atoms with van der Waals surface area (Å²) in [5, 5.41) is 8.00. The second kappa shape index (κ2) is 6.95. The number of aromatic nitrogens is 4. The summed E-state index contributed by atoms with van der Waals surface area (Å²) >= 11 is 3.63. The second-order valence-corrected chi connectivity index (χ2v) is 5.65. The van der Waals surface area contributed by atoms with Gasteiger partial charge in [-0.1, -0.05) is 6.92 Å². The normalized spacial score (nSPS) is 12.6. The van der Waals surface area contributed by atoms with E-state index in [1.807, 2.05) is 31.0 Å². The van der Waals surface area contributed by atoms with Crippen molar-refractivity contribution < 1.29 is 0 Å². The van der Waals surface area contributed by atoms with Gasteiger partial charge in [0.05, 0.1) is 15.9 Å². The van der Waals surface area contributed by atoms with Crippen LogP contribution in [0, 0.1) is 6.92 Å². The van der Waals surface area contributed by atoms with Gasteiger partial charge in [0, 0.05) is 37.5 Å². The molecule has 0 aliphatic carbocycles. The molecule has 0 saturated heterocycles. The molecule has 0 bridgehead atoms. The molecule has 0 aromatic carbocycles. The summed E-state index contributed by atoms with van der Waals surface area (Å²) in [6.45, 7) is 5.14. The SMILES string of the molecule is CCCNC(Cc1c(Br)c(C)nn1C)c1cncnc1. The zero-order valence-corrected chi connectivity index (χ0v) is 13.7. The molecule has 0 radical (unpaired) electrons. The fourth-order valence-electron chi connectivity index (χ4n) is 2.21. The number of nitrogens with zero attached hydrogens (tertiary/aromatic N) is 4. The largest absolute Gasteiger partial charge is 0.310 e. The lowest BCUT2D eigenvalue weighted by Gasteiger charge is -2.18. The van der Waals surface area contributed by atoms with Crippen LogP contribution in [0.3, 0.4) is 0 Å². The first-order valence-electron chi connectivity index (χ1n) is 6.79. The van der Waals surface area contributed by atoms with Crippen LogP contribution in [0.25, 0.3) is 0 Å². The number of aryl methyl sites for hydroxylation is 2. The van der Waals surface area contributed by atoms with Gasteiger partial charge in [-0.15, -0.1) is 0 Å². The third-order valence-electron chi connectivity index (χ3n) is 3.28. The number of rotatable bonds is 6. The topological polar surface area (TPSA) is 55.6 Å². The molecule has 0 amide bonds. The van der Waals surface area contributed by atoms with E-state index in [1.54, 1.807) is 6.33 Å². The van der Waals surface area contributed by atoms with Gasteiger partial charge in [0.2, 0.25) is 0 Å². The minimum Gasteiger partial charge on any atom is -0.310 e. The number of hydrogen-bond donors (Lipinski definition) is 1. The predicted octanol–water partition coefficient (Wildman–Crippen LogP) is 2.56. The average molecular weight is 338 g/mol. The Morgan fingerprint density at radius 3 is 2.60 bits per heavy atom. The van der Waals surface area contributed by atoms with Crippen LogP contribution in [0.2, 0.25) is 0 Å². The van der Waals surface area contributed by atoms with E-state index in [-0.39, 0.29) is 6.04 Å². The van der Waals surface area contributed by atoms with Crippen molar-refractivity contribution in [3.63, 3.8) is 0 Å². The van der Waals surface area contributed by atoms with E-state index in [0.29, 0.717) is 0 Å². The summed E-state index contributed by atoms with van der Waals surface area (Å²) in [5.41, 5.74) is 3.30. The molecule has 1 unspecified atom stereocenters. The molecule has 108 valence electrons. The van der Waals surface area contributed by atoms with E-state index in [1.165, 1.54) is 5.69 Å². The molecule has 6 heteroatoms. The third-order valence-corrected chi connectivity index (χ3v) is 4.31. The highest BCUT2D eigenvalue weighted by atomic mass is 79.9. The molecule has 2 aromatic rings. The van der Waals surface area contributed by atoms with Crippen molar-refractivity contribution in [3.8, 4) is 0 Å². The molecule has 0 saturated carbocycles. The predicted molar refractivity (Wildman–Crippen MR) is 82.4 cm³/mol.